The molecular weight excluding hydrogens is 542 g/mol. The Hall–Kier alpha value is -3.87. The summed E-state index contributed by atoms with van der Waals surface area (Å²) in [6.07, 6.45) is -0.275. The predicted molar refractivity (Wildman–Crippen MR) is 140 cm³/mol. The van der Waals surface area contributed by atoms with E-state index in [2.05, 4.69) is 15.3 Å². The minimum absolute atomic E-state index is 0.167. The molecule has 1 saturated heterocycles. The molecule has 1 aliphatic carbocycles. The fraction of sp³-hybridized carbons (Fsp3) is 0.536. The number of hydrogen-bond acceptors (Lipinski definition) is 8. The number of rotatable bonds is 1. The minimum atomic E-state index is -3.62. The van der Waals surface area contributed by atoms with Crippen molar-refractivity contribution in [2.45, 2.75) is 76.4 Å². The van der Waals surface area contributed by atoms with Crippen molar-refractivity contribution in [3.05, 3.63) is 42.1 Å². The van der Waals surface area contributed by atoms with Gasteiger partial charge in [-0.05, 0) is 36.5 Å². The van der Waals surface area contributed by atoms with Crippen LogP contribution in [0.4, 0.5) is 13.6 Å². The molecule has 220 valence electrons. The van der Waals surface area contributed by atoms with Gasteiger partial charge in [0.05, 0.1) is 30.3 Å². The lowest BCUT2D eigenvalue weighted by atomic mass is 9.85. The van der Waals surface area contributed by atoms with Crippen LogP contribution in [0.15, 0.2) is 36.4 Å². The van der Waals surface area contributed by atoms with Gasteiger partial charge in [0, 0.05) is 6.42 Å². The SMILES string of the molecule is CC(C)(C)C1NC(=O)OC2CCC2OCC=CC(F)(F)c2nc3ccccc3nc2OC2CC(C(=O)O)N(C2)C1=O. The number of nitrogens with one attached hydrogen (secondary N) is 1. The Balaban J connectivity index is 1.55. The van der Waals surface area contributed by atoms with E-state index in [1.165, 1.54) is 0 Å². The molecule has 2 N–H and O–H groups in total. The van der Waals surface area contributed by atoms with Gasteiger partial charge in [-0.2, -0.15) is 8.78 Å². The number of carboxylic acid groups (broad SMARTS) is 1. The van der Waals surface area contributed by atoms with E-state index in [4.69, 9.17) is 14.2 Å². The van der Waals surface area contributed by atoms with Gasteiger partial charge in [-0.1, -0.05) is 39.0 Å². The van der Waals surface area contributed by atoms with Crippen LogP contribution in [0.2, 0.25) is 0 Å². The number of hydrogen-bond donors (Lipinski definition) is 2. The Morgan fingerprint density at radius 1 is 1.10 bits per heavy atom. The summed E-state index contributed by atoms with van der Waals surface area (Å²) in [5, 5.41) is 12.5. The zero-order chi connectivity index (χ0) is 29.5. The van der Waals surface area contributed by atoms with Crippen LogP contribution < -0.4 is 10.1 Å². The molecule has 1 saturated carbocycles. The molecule has 2 aliphatic heterocycles. The molecule has 5 atom stereocenters. The second kappa shape index (κ2) is 10.8. The third-order valence-electron chi connectivity index (χ3n) is 7.48. The molecule has 1 aromatic carbocycles. The van der Waals surface area contributed by atoms with Crippen LogP contribution in [0.25, 0.3) is 11.0 Å². The number of para-hydroxylation sites is 2. The van der Waals surface area contributed by atoms with E-state index < -0.39 is 71.3 Å². The van der Waals surface area contributed by atoms with Crippen LogP contribution in [0.1, 0.15) is 45.7 Å². The molecule has 41 heavy (non-hydrogen) atoms. The van der Waals surface area contributed by atoms with Crippen molar-refractivity contribution >= 4 is 29.0 Å². The fourth-order valence-electron chi connectivity index (χ4n) is 5.12. The maximum Gasteiger partial charge on any atom is 0.408 e. The number of alkyl carbamates (subject to hydrolysis) is 1. The lowest BCUT2D eigenvalue weighted by Gasteiger charge is -2.37. The summed E-state index contributed by atoms with van der Waals surface area (Å²) in [4.78, 5) is 48.3. The number of carbonyl (C=O) groups excluding carboxylic acids is 2. The summed E-state index contributed by atoms with van der Waals surface area (Å²) in [7, 11) is 0. The third-order valence-corrected chi connectivity index (χ3v) is 7.48. The summed E-state index contributed by atoms with van der Waals surface area (Å²) in [5.74, 6) is -6.03. The number of benzene rings is 1. The molecule has 3 heterocycles. The topological polar surface area (TPSA) is 140 Å². The van der Waals surface area contributed by atoms with Gasteiger partial charge in [-0.3, -0.25) is 4.79 Å². The number of fused-ring (bicyclic) bond motifs is 5. The van der Waals surface area contributed by atoms with Gasteiger partial charge >= 0.3 is 18.0 Å². The standard InChI is InChI=1S/C28H32F2N4O7/c1-27(2,3)22-24(35)34-14-15(13-18(34)25(36)37)40-23-21(31-16-7-4-5-8-17(16)32-23)28(29,30)11-6-12-39-19-9-10-20(19)41-26(38)33-22/h4-8,11,15,18-20,22H,9-10,12-14H2,1-3H3,(H,33,38)(H,36,37). The van der Waals surface area contributed by atoms with E-state index in [1.807, 2.05) is 0 Å². The van der Waals surface area contributed by atoms with Gasteiger partial charge < -0.3 is 29.5 Å². The average molecular weight is 575 g/mol. The van der Waals surface area contributed by atoms with Crippen LogP contribution in [0, 0.1) is 5.41 Å². The third kappa shape index (κ3) is 5.95. The smallest absolute Gasteiger partial charge is 0.408 e. The zero-order valence-electron chi connectivity index (χ0n) is 22.9. The Morgan fingerprint density at radius 3 is 2.41 bits per heavy atom. The number of nitrogens with zero attached hydrogens (tertiary/aromatic N) is 3. The highest BCUT2D eigenvalue weighted by Gasteiger charge is 2.47. The van der Waals surface area contributed by atoms with E-state index in [0.717, 1.165) is 11.0 Å². The predicted octanol–water partition coefficient (Wildman–Crippen LogP) is 3.41. The molecule has 13 heteroatoms. The molecule has 11 nitrogen and oxygen atoms in total. The summed E-state index contributed by atoms with van der Waals surface area (Å²) in [5.41, 5.74) is -1.02. The first-order valence-corrected chi connectivity index (χ1v) is 13.4. The number of ether oxygens (including phenoxy) is 3. The number of carboxylic acids is 1. The van der Waals surface area contributed by atoms with Crippen molar-refractivity contribution in [3.8, 4) is 5.88 Å². The molecule has 0 spiro atoms. The molecule has 3 aliphatic rings. The van der Waals surface area contributed by atoms with Crippen molar-refractivity contribution in [1.82, 2.24) is 20.2 Å². The van der Waals surface area contributed by atoms with E-state index in [0.29, 0.717) is 24.4 Å². The summed E-state index contributed by atoms with van der Waals surface area (Å²) >= 11 is 0. The van der Waals surface area contributed by atoms with Gasteiger partial charge in [-0.25, -0.2) is 19.6 Å². The van der Waals surface area contributed by atoms with Crippen LogP contribution >= 0.6 is 0 Å². The van der Waals surface area contributed by atoms with Crippen molar-refractivity contribution in [2.75, 3.05) is 13.2 Å². The number of aliphatic carboxylic acids is 1. The molecule has 2 fully saturated rings. The maximum atomic E-state index is 15.5. The molecule has 5 rings (SSSR count). The highest BCUT2D eigenvalue weighted by atomic mass is 19.3. The largest absolute Gasteiger partial charge is 0.480 e. The van der Waals surface area contributed by atoms with E-state index in [1.54, 1.807) is 45.0 Å². The molecule has 0 radical (unpaired) electrons. The van der Waals surface area contributed by atoms with Gasteiger partial charge in [0.1, 0.15) is 24.3 Å². The highest BCUT2D eigenvalue weighted by molar-refractivity contribution is 5.90. The number of alkyl halides is 2. The normalized spacial score (nSPS) is 28.7. The van der Waals surface area contributed by atoms with Crippen LogP contribution in [0.3, 0.4) is 0 Å². The molecule has 2 aromatic rings. The Kier molecular flexibility index (Phi) is 7.58. The molecule has 2 bridgehead atoms. The summed E-state index contributed by atoms with van der Waals surface area (Å²) < 4.78 is 48.1. The Morgan fingerprint density at radius 2 is 1.78 bits per heavy atom. The lowest BCUT2D eigenvalue weighted by Crippen LogP contribution is -2.57. The van der Waals surface area contributed by atoms with Crippen molar-refractivity contribution in [3.63, 3.8) is 0 Å². The quantitative estimate of drug-likeness (QED) is 0.491. The van der Waals surface area contributed by atoms with Gasteiger partial charge in [0.15, 0.2) is 5.69 Å². The minimum Gasteiger partial charge on any atom is -0.480 e. The molecule has 1 aromatic heterocycles. The number of halogens is 2. The number of aromatic nitrogens is 2. The van der Waals surface area contributed by atoms with Crippen molar-refractivity contribution in [2.24, 2.45) is 5.41 Å². The van der Waals surface area contributed by atoms with Gasteiger partial charge in [-0.15, -0.1) is 0 Å². The average Bonchev–Trinajstić information content (AvgIpc) is 3.32. The number of allylic oxidation sites excluding steroid dienone is 1. The van der Waals surface area contributed by atoms with E-state index in [-0.39, 0.29) is 25.1 Å². The van der Waals surface area contributed by atoms with Crippen LogP contribution in [-0.4, -0.2) is 81.5 Å². The fourth-order valence-corrected chi connectivity index (χ4v) is 5.12. The van der Waals surface area contributed by atoms with E-state index >= 15 is 8.78 Å². The second-order valence-electron chi connectivity index (χ2n) is 11.5. The van der Waals surface area contributed by atoms with Gasteiger partial charge in [0.2, 0.25) is 11.8 Å². The first kappa shape index (κ1) is 28.7. The first-order valence-electron chi connectivity index (χ1n) is 13.4. The zero-order valence-corrected chi connectivity index (χ0v) is 22.9. The molecule has 5 unspecified atom stereocenters. The second-order valence-corrected chi connectivity index (χ2v) is 11.5. The first-order chi connectivity index (χ1) is 19.3. The number of amides is 2. The lowest BCUT2D eigenvalue weighted by molar-refractivity contribution is -0.150. The molecule has 2 amide bonds. The highest BCUT2D eigenvalue weighted by Crippen LogP contribution is 2.37. The van der Waals surface area contributed by atoms with Crippen molar-refractivity contribution in [1.29, 1.82) is 0 Å². The van der Waals surface area contributed by atoms with E-state index in [9.17, 15) is 19.5 Å². The Bertz CT molecular complexity index is 1380. The van der Waals surface area contributed by atoms with Crippen LogP contribution in [0.5, 0.6) is 5.88 Å². The maximum absolute atomic E-state index is 15.5. The number of carbonyl (C=O) groups is 3. The monoisotopic (exact) mass is 574 g/mol. The van der Waals surface area contributed by atoms with Crippen molar-refractivity contribution < 1.29 is 42.5 Å². The summed E-state index contributed by atoms with van der Waals surface area (Å²) in [6.45, 7) is 4.78. The summed E-state index contributed by atoms with van der Waals surface area (Å²) in [6, 6.07) is 4.00. The van der Waals surface area contributed by atoms with Gasteiger partial charge in [0.25, 0.3) is 0 Å². The van der Waals surface area contributed by atoms with Crippen LogP contribution in [-0.2, 0) is 25.0 Å². The Labute approximate surface area is 234 Å². The molecular formula is C28H32F2N4O7.